The molecule has 1 saturated heterocycles. The zero-order valence-corrected chi connectivity index (χ0v) is 19.0. The zero-order chi connectivity index (χ0) is 21.6. The molecule has 1 aliphatic heterocycles. The number of nitrogens with zero attached hydrogens (tertiary/aromatic N) is 3. The second kappa shape index (κ2) is 7.49. The van der Waals surface area contributed by atoms with Crippen molar-refractivity contribution in [3.63, 3.8) is 0 Å². The molecule has 0 spiro atoms. The van der Waals surface area contributed by atoms with Crippen molar-refractivity contribution in [3.8, 4) is 0 Å². The van der Waals surface area contributed by atoms with Gasteiger partial charge in [-0.1, -0.05) is 20.8 Å². The van der Waals surface area contributed by atoms with Gasteiger partial charge in [-0.05, 0) is 42.2 Å². The van der Waals surface area contributed by atoms with Gasteiger partial charge in [-0.3, -0.25) is 19.3 Å². The molecule has 156 valence electrons. The third kappa shape index (κ3) is 3.78. The monoisotopic (exact) mass is 415 g/mol. The molecule has 1 fully saturated rings. The fourth-order valence-electron chi connectivity index (χ4n) is 3.30. The molecule has 1 atom stereocenters. The van der Waals surface area contributed by atoms with Gasteiger partial charge in [0, 0.05) is 38.0 Å². The van der Waals surface area contributed by atoms with Crippen molar-refractivity contribution in [3.05, 3.63) is 30.1 Å². The minimum Gasteiger partial charge on any atom is -0.417 e. The van der Waals surface area contributed by atoms with Crippen molar-refractivity contribution in [2.45, 2.75) is 57.8 Å². The van der Waals surface area contributed by atoms with Crippen molar-refractivity contribution in [2.75, 3.05) is 13.7 Å². The number of amides is 2. The summed E-state index contributed by atoms with van der Waals surface area (Å²) in [4.78, 5) is 42.2. The molecule has 1 aliphatic rings. The number of pyridine rings is 1. The van der Waals surface area contributed by atoms with E-state index in [4.69, 9.17) is 4.43 Å². The summed E-state index contributed by atoms with van der Waals surface area (Å²) >= 11 is 0. The van der Waals surface area contributed by atoms with Crippen LogP contribution in [-0.4, -0.2) is 54.0 Å². The van der Waals surface area contributed by atoms with E-state index in [0.29, 0.717) is 24.4 Å². The molecule has 0 aliphatic carbocycles. The summed E-state index contributed by atoms with van der Waals surface area (Å²) < 4.78 is 8.19. The molecule has 3 heterocycles. The van der Waals surface area contributed by atoms with Gasteiger partial charge in [-0.25, -0.2) is 4.98 Å². The van der Waals surface area contributed by atoms with E-state index in [-0.39, 0.29) is 5.04 Å². The lowest BCUT2D eigenvalue weighted by Crippen LogP contribution is -2.41. The van der Waals surface area contributed by atoms with Gasteiger partial charge < -0.3 is 8.99 Å². The minimum absolute atomic E-state index is 0.156. The van der Waals surface area contributed by atoms with Crippen LogP contribution in [0.3, 0.4) is 0 Å². The van der Waals surface area contributed by atoms with Crippen molar-refractivity contribution < 1.29 is 18.8 Å². The lowest BCUT2D eigenvalue weighted by Gasteiger charge is -2.36. The Bertz CT molecular complexity index is 974. The van der Waals surface area contributed by atoms with Crippen molar-refractivity contribution in [1.82, 2.24) is 14.5 Å². The van der Waals surface area contributed by atoms with Crippen LogP contribution in [0.5, 0.6) is 0 Å². The van der Waals surface area contributed by atoms with Crippen molar-refractivity contribution in [1.29, 1.82) is 0 Å². The summed E-state index contributed by atoms with van der Waals surface area (Å²) in [5.41, 5.74) is 1.25. The Labute approximate surface area is 172 Å². The SMILES string of the molecule is CN1C(=O)C(=O)C(c2cn(CCCO[Si](C)(C)C(C)(C)C)c3ncccc23)C1=O. The van der Waals surface area contributed by atoms with Crippen LogP contribution >= 0.6 is 0 Å². The average Bonchev–Trinajstić information content (AvgIpc) is 3.09. The number of ketones is 1. The molecule has 29 heavy (non-hydrogen) atoms. The zero-order valence-electron chi connectivity index (χ0n) is 18.0. The molecule has 0 radical (unpaired) electrons. The fraction of sp³-hybridized carbons (Fsp3) is 0.524. The molecule has 0 saturated carbocycles. The molecule has 0 aromatic carbocycles. The highest BCUT2D eigenvalue weighted by Gasteiger charge is 2.47. The van der Waals surface area contributed by atoms with E-state index in [9.17, 15) is 14.4 Å². The highest BCUT2D eigenvalue weighted by Crippen LogP contribution is 2.37. The van der Waals surface area contributed by atoms with Gasteiger partial charge in [0.25, 0.3) is 5.91 Å². The molecule has 0 N–H and O–H groups in total. The van der Waals surface area contributed by atoms with Crippen LogP contribution in [0, 0.1) is 0 Å². The van der Waals surface area contributed by atoms with E-state index >= 15 is 0 Å². The molecule has 2 aromatic rings. The summed E-state index contributed by atoms with van der Waals surface area (Å²) in [5.74, 6) is -3.00. The molecule has 7 nitrogen and oxygen atoms in total. The number of aryl methyl sites for hydroxylation is 1. The normalized spacial score (nSPS) is 18.3. The number of rotatable bonds is 6. The number of Topliss-reactive ketones (excluding diaryl/α,β-unsaturated/α-hetero) is 1. The van der Waals surface area contributed by atoms with E-state index < -0.39 is 31.8 Å². The quantitative estimate of drug-likeness (QED) is 0.238. The Balaban J connectivity index is 1.82. The van der Waals surface area contributed by atoms with Gasteiger partial charge in [0.15, 0.2) is 8.32 Å². The molecule has 2 amide bonds. The van der Waals surface area contributed by atoms with Crippen LogP contribution in [0.25, 0.3) is 11.0 Å². The van der Waals surface area contributed by atoms with Gasteiger partial charge in [0.1, 0.15) is 11.6 Å². The number of aromatic nitrogens is 2. The molecule has 1 unspecified atom stereocenters. The van der Waals surface area contributed by atoms with E-state index in [1.165, 1.54) is 7.05 Å². The van der Waals surface area contributed by atoms with Crippen LogP contribution in [0.4, 0.5) is 0 Å². The van der Waals surface area contributed by atoms with E-state index in [1.54, 1.807) is 18.5 Å². The Morgan fingerprint density at radius 2 is 1.90 bits per heavy atom. The molecular weight excluding hydrogens is 386 g/mol. The van der Waals surface area contributed by atoms with Crippen LogP contribution in [0.1, 0.15) is 38.7 Å². The summed E-state index contributed by atoms with van der Waals surface area (Å²) in [7, 11) is -0.458. The number of hydrogen-bond donors (Lipinski definition) is 0. The first-order valence-electron chi connectivity index (χ1n) is 9.89. The first-order chi connectivity index (χ1) is 13.5. The number of likely N-dealkylation sites (tertiary alicyclic amines) is 1. The molecular formula is C21H29N3O4Si. The maximum absolute atomic E-state index is 12.5. The Hall–Kier alpha value is -2.32. The third-order valence-corrected chi connectivity index (χ3v) is 10.7. The number of carbonyl (C=O) groups excluding carboxylic acids is 3. The maximum atomic E-state index is 12.5. The van der Waals surface area contributed by atoms with Crippen LogP contribution in [-0.2, 0) is 25.4 Å². The molecule has 2 aromatic heterocycles. The smallest absolute Gasteiger partial charge is 0.297 e. The summed E-state index contributed by atoms with van der Waals surface area (Å²) in [6.07, 6.45) is 4.26. The average molecular weight is 416 g/mol. The second-order valence-electron chi connectivity index (χ2n) is 9.11. The molecule has 8 heteroatoms. The van der Waals surface area contributed by atoms with E-state index in [0.717, 1.165) is 16.7 Å². The Morgan fingerprint density at radius 3 is 2.48 bits per heavy atom. The Kier molecular flexibility index (Phi) is 5.53. The largest absolute Gasteiger partial charge is 0.417 e. The number of fused-ring (bicyclic) bond motifs is 1. The highest BCUT2D eigenvalue weighted by molar-refractivity contribution is 6.74. The van der Waals surface area contributed by atoms with E-state index in [1.807, 2.05) is 10.6 Å². The summed E-state index contributed by atoms with van der Waals surface area (Å²) in [5, 5.41) is 0.886. The second-order valence-corrected chi connectivity index (χ2v) is 13.9. The van der Waals surface area contributed by atoms with Crippen molar-refractivity contribution >= 4 is 36.9 Å². The Morgan fingerprint density at radius 1 is 1.21 bits per heavy atom. The van der Waals surface area contributed by atoms with Crippen molar-refractivity contribution in [2.24, 2.45) is 0 Å². The van der Waals surface area contributed by atoms with Gasteiger partial charge >= 0.3 is 0 Å². The molecule has 3 rings (SSSR count). The highest BCUT2D eigenvalue weighted by atomic mass is 28.4. The molecule has 0 bridgehead atoms. The van der Waals surface area contributed by atoms with Gasteiger partial charge in [-0.2, -0.15) is 0 Å². The number of likely N-dealkylation sites (N-methyl/N-ethyl adjacent to an activating group) is 1. The topological polar surface area (TPSA) is 81.5 Å². The maximum Gasteiger partial charge on any atom is 0.297 e. The van der Waals surface area contributed by atoms with Gasteiger partial charge in [-0.15, -0.1) is 0 Å². The third-order valence-electron chi connectivity index (χ3n) is 6.14. The minimum atomic E-state index is -1.80. The van der Waals surface area contributed by atoms with E-state index in [2.05, 4.69) is 38.8 Å². The standard InChI is InChI=1S/C21H29N3O4Si/c1-21(2,3)29(5,6)28-12-8-11-24-13-15(14-9-7-10-22-18(14)24)16-17(25)20(27)23(4)19(16)26/h7,9-10,13,16H,8,11-12H2,1-6H3. The number of imide groups is 1. The fourth-order valence-corrected chi connectivity index (χ4v) is 4.39. The van der Waals surface area contributed by atoms with Gasteiger partial charge in [0.05, 0.1) is 0 Å². The summed E-state index contributed by atoms with van der Waals surface area (Å²) in [6, 6.07) is 3.61. The lowest BCUT2D eigenvalue weighted by atomic mass is 9.97. The first-order valence-corrected chi connectivity index (χ1v) is 12.8. The first kappa shape index (κ1) is 21.4. The number of hydrogen-bond acceptors (Lipinski definition) is 5. The van der Waals surface area contributed by atoms with Crippen LogP contribution in [0.15, 0.2) is 24.5 Å². The van der Waals surface area contributed by atoms with Crippen LogP contribution < -0.4 is 0 Å². The summed E-state index contributed by atoms with van der Waals surface area (Å²) in [6.45, 7) is 12.4. The van der Waals surface area contributed by atoms with Gasteiger partial charge in [0.2, 0.25) is 11.7 Å². The lowest BCUT2D eigenvalue weighted by molar-refractivity contribution is -0.141. The number of carbonyl (C=O) groups is 3. The van der Waals surface area contributed by atoms with Crippen LogP contribution in [0.2, 0.25) is 18.1 Å². The predicted octanol–water partition coefficient (Wildman–Crippen LogP) is 3.10. The predicted molar refractivity (Wildman–Crippen MR) is 113 cm³/mol.